The van der Waals surface area contributed by atoms with Crippen LogP contribution in [-0.4, -0.2) is 38.1 Å². The molecule has 0 saturated carbocycles. The van der Waals surface area contributed by atoms with Crippen molar-refractivity contribution >= 4 is 12.3 Å². The van der Waals surface area contributed by atoms with Gasteiger partial charge in [0, 0.05) is 30.9 Å². The summed E-state index contributed by atoms with van der Waals surface area (Å²) < 4.78 is 7.26. The third-order valence-electron chi connectivity index (χ3n) is 3.95. The van der Waals surface area contributed by atoms with Gasteiger partial charge in [0.15, 0.2) is 5.82 Å². The lowest BCUT2D eigenvalue weighted by atomic mass is 10.0. The quantitative estimate of drug-likeness (QED) is 0.793. The smallest absolute Gasteiger partial charge is 0.242 e. The summed E-state index contributed by atoms with van der Waals surface area (Å²) in [4.78, 5) is 4.36. The highest BCUT2D eigenvalue weighted by atomic mass is 16.4. The number of benzene rings is 1. The minimum absolute atomic E-state index is 0.335. The molecule has 7 nitrogen and oxygen atoms in total. The molecular formula is C17H18N6O. The van der Waals surface area contributed by atoms with Gasteiger partial charge < -0.3 is 9.73 Å². The molecule has 0 aliphatic carbocycles. The Bertz CT molecular complexity index is 870. The minimum atomic E-state index is 0.335. The first kappa shape index (κ1) is 14.8. The first-order valence-corrected chi connectivity index (χ1v) is 7.89. The molecule has 0 spiro atoms. The zero-order valence-electron chi connectivity index (χ0n) is 13.6. The predicted octanol–water partition coefficient (Wildman–Crippen LogP) is 2.26. The second kappa shape index (κ2) is 6.01. The molecule has 0 radical (unpaired) electrons. The average Bonchev–Trinajstić information content (AvgIpc) is 3.11. The number of rotatable bonds is 4. The van der Waals surface area contributed by atoms with Crippen LogP contribution in [0.3, 0.4) is 0 Å². The largest absolute Gasteiger partial charge is 0.421 e. The maximum Gasteiger partial charge on any atom is 0.242 e. The van der Waals surface area contributed by atoms with Gasteiger partial charge in [-0.05, 0) is 26.0 Å². The van der Waals surface area contributed by atoms with E-state index < -0.39 is 0 Å². The van der Waals surface area contributed by atoms with Gasteiger partial charge in [0.25, 0.3) is 0 Å². The SMILES string of the molecule is Cc1cc(C)cc(-c2ncn(/C=C\c3nnc(C4CNC4)o3)n2)c1. The maximum atomic E-state index is 5.62. The first-order chi connectivity index (χ1) is 11.7. The Kier molecular flexibility index (Phi) is 3.70. The number of nitrogens with one attached hydrogen (secondary N) is 1. The summed E-state index contributed by atoms with van der Waals surface area (Å²) in [5.74, 6) is 2.18. The van der Waals surface area contributed by atoms with E-state index in [-0.39, 0.29) is 0 Å². The Morgan fingerprint density at radius 1 is 1.17 bits per heavy atom. The zero-order chi connectivity index (χ0) is 16.5. The van der Waals surface area contributed by atoms with Gasteiger partial charge in [-0.3, -0.25) is 0 Å². The van der Waals surface area contributed by atoms with E-state index in [1.54, 1.807) is 23.3 Å². The fraction of sp³-hybridized carbons (Fsp3) is 0.294. The standard InChI is InChI=1S/C17H18N6O/c1-11-5-12(2)7-13(6-11)16-19-10-23(22-16)4-3-15-20-21-17(24-15)14-8-18-9-14/h3-7,10,14,18H,8-9H2,1-2H3/b4-3-. The highest BCUT2D eigenvalue weighted by Gasteiger charge is 2.24. The van der Waals surface area contributed by atoms with Crippen molar-refractivity contribution in [1.29, 1.82) is 0 Å². The molecule has 0 amide bonds. The van der Waals surface area contributed by atoms with E-state index >= 15 is 0 Å². The molecule has 1 fully saturated rings. The van der Waals surface area contributed by atoms with Crippen molar-refractivity contribution in [1.82, 2.24) is 30.3 Å². The molecule has 1 saturated heterocycles. The van der Waals surface area contributed by atoms with Gasteiger partial charge in [-0.25, -0.2) is 9.67 Å². The van der Waals surface area contributed by atoms with E-state index in [9.17, 15) is 0 Å². The van der Waals surface area contributed by atoms with Crippen LogP contribution in [-0.2, 0) is 0 Å². The van der Waals surface area contributed by atoms with E-state index in [1.165, 1.54) is 11.1 Å². The highest BCUT2D eigenvalue weighted by molar-refractivity contribution is 5.58. The van der Waals surface area contributed by atoms with Crippen molar-refractivity contribution in [2.24, 2.45) is 0 Å². The number of hydrogen-bond acceptors (Lipinski definition) is 6. The van der Waals surface area contributed by atoms with Crippen molar-refractivity contribution in [2.75, 3.05) is 13.1 Å². The van der Waals surface area contributed by atoms with Crippen LogP contribution in [0.4, 0.5) is 0 Å². The number of hydrogen-bond donors (Lipinski definition) is 1. The Morgan fingerprint density at radius 3 is 2.67 bits per heavy atom. The van der Waals surface area contributed by atoms with Crippen LogP contribution in [0.15, 0.2) is 28.9 Å². The van der Waals surface area contributed by atoms with Crippen molar-refractivity contribution in [2.45, 2.75) is 19.8 Å². The van der Waals surface area contributed by atoms with Crippen molar-refractivity contribution in [3.63, 3.8) is 0 Å². The van der Waals surface area contributed by atoms with Crippen LogP contribution < -0.4 is 5.32 Å². The number of aromatic nitrogens is 5. The van der Waals surface area contributed by atoms with E-state index in [2.05, 4.69) is 57.6 Å². The molecule has 1 aromatic carbocycles. The average molecular weight is 322 g/mol. The van der Waals surface area contributed by atoms with Crippen molar-refractivity contribution < 1.29 is 4.42 Å². The van der Waals surface area contributed by atoms with Crippen LogP contribution in [0.5, 0.6) is 0 Å². The Balaban J connectivity index is 1.51. The third-order valence-corrected chi connectivity index (χ3v) is 3.95. The van der Waals surface area contributed by atoms with E-state index in [4.69, 9.17) is 4.42 Å². The Hall–Kier alpha value is -2.80. The molecule has 4 rings (SSSR count). The molecule has 3 aromatic rings. The van der Waals surface area contributed by atoms with Crippen LogP contribution >= 0.6 is 0 Å². The molecule has 0 unspecified atom stereocenters. The second-order valence-corrected chi connectivity index (χ2v) is 6.07. The number of aryl methyl sites for hydroxylation is 2. The molecule has 0 atom stereocenters. The van der Waals surface area contributed by atoms with Crippen molar-refractivity contribution in [3.05, 3.63) is 47.4 Å². The molecule has 122 valence electrons. The Morgan fingerprint density at radius 2 is 1.96 bits per heavy atom. The summed E-state index contributed by atoms with van der Waals surface area (Å²) in [6.45, 7) is 5.93. The summed E-state index contributed by atoms with van der Waals surface area (Å²) in [7, 11) is 0. The van der Waals surface area contributed by atoms with Gasteiger partial charge in [-0.1, -0.05) is 17.2 Å². The molecule has 1 N–H and O–H groups in total. The second-order valence-electron chi connectivity index (χ2n) is 6.07. The highest BCUT2D eigenvalue weighted by Crippen LogP contribution is 2.19. The van der Waals surface area contributed by atoms with Crippen LogP contribution in [0.25, 0.3) is 23.7 Å². The summed E-state index contributed by atoms with van der Waals surface area (Å²) >= 11 is 0. The van der Waals surface area contributed by atoms with Gasteiger partial charge in [0.05, 0.1) is 5.92 Å². The van der Waals surface area contributed by atoms with Gasteiger partial charge >= 0.3 is 0 Å². The fourth-order valence-corrected chi connectivity index (χ4v) is 2.67. The molecular weight excluding hydrogens is 304 g/mol. The zero-order valence-corrected chi connectivity index (χ0v) is 13.6. The molecule has 7 heteroatoms. The molecule has 2 aromatic heterocycles. The van der Waals surface area contributed by atoms with Crippen molar-refractivity contribution in [3.8, 4) is 11.4 Å². The van der Waals surface area contributed by atoms with Crippen LogP contribution in [0.1, 0.15) is 28.8 Å². The lowest BCUT2D eigenvalue weighted by molar-refractivity contribution is 0.355. The normalized spacial score (nSPS) is 15.1. The van der Waals surface area contributed by atoms with Gasteiger partial charge in [0.1, 0.15) is 6.33 Å². The lowest BCUT2D eigenvalue weighted by Crippen LogP contribution is -2.40. The summed E-state index contributed by atoms with van der Waals surface area (Å²) in [6.07, 6.45) is 5.16. The van der Waals surface area contributed by atoms with E-state index in [1.807, 2.05) is 0 Å². The first-order valence-electron chi connectivity index (χ1n) is 7.89. The number of nitrogens with zero attached hydrogens (tertiary/aromatic N) is 5. The topological polar surface area (TPSA) is 81.7 Å². The third kappa shape index (κ3) is 2.98. The lowest BCUT2D eigenvalue weighted by Gasteiger charge is -2.22. The van der Waals surface area contributed by atoms with Crippen LogP contribution in [0.2, 0.25) is 0 Å². The fourth-order valence-electron chi connectivity index (χ4n) is 2.67. The summed E-state index contributed by atoms with van der Waals surface area (Å²) in [5.41, 5.74) is 3.40. The predicted molar refractivity (Wildman–Crippen MR) is 90.1 cm³/mol. The summed E-state index contributed by atoms with van der Waals surface area (Å²) in [6, 6.07) is 6.28. The van der Waals surface area contributed by atoms with E-state index in [0.29, 0.717) is 23.5 Å². The molecule has 3 heterocycles. The van der Waals surface area contributed by atoms with Gasteiger partial charge in [-0.15, -0.1) is 15.3 Å². The molecule has 24 heavy (non-hydrogen) atoms. The van der Waals surface area contributed by atoms with E-state index in [0.717, 1.165) is 18.7 Å². The molecule has 0 bridgehead atoms. The van der Waals surface area contributed by atoms with Crippen LogP contribution in [0, 0.1) is 13.8 Å². The maximum absolute atomic E-state index is 5.62. The van der Waals surface area contributed by atoms with Gasteiger partial charge in [-0.2, -0.15) is 0 Å². The summed E-state index contributed by atoms with van der Waals surface area (Å²) in [5, 5.41) is 15.7. The monoisotopic (exact) mass is 322 g/mol. The minimum Gasteiger partial charge on any atom is -0.421 e. The van der Waals surface area contributed by atoms with Gasteiger partial charge in [0.2, 0.25) is 11.8 Å². The molecule has 1 aliphatic heterocycles. The molecule has 1 aliphatic rings. The Labute approximate surface area is 139 Å².